The molecule has 2 aliphatic carbocycles. The molecule has 3 atom stereocenters. The molecule has 5 heteroatoms. The number of rotatable bonds is 2. The molecule has 0 bridgehead atoms. The number of fused-ring (bicyclic) bond motifs is 2. The maximum atomic E-state index is 12.1. The van der Waals surface area contributed by atoms with Crippen LogP contribution in [0.25, 0.3) is 10.8 Å². The van der Waals surface area contributed by atoms with E-state index in [1.807, 2.05) is 18.2 Å². The average Bonchev–Trinajstić information content (AvgIpc) is 3.01. The molecule has 1 amide bonds. The van der Waals surface area contributed by atoms with Crippen molar-refractivity contribution in [2.75, 3.05) is 5.32 Å². The maximum Gasteiger partial charge on any atom is 0.228 e. The Hall–Kier alpha value is -1.13. The molecule has 0 saturated heterocycles. The van der Waals surface area contributed by atoms with Gasteiger partial charge >= 0.3 is 0 Å². The second-order valence-corrected chi connectivity index (χ2v) is 6.94. The number of nitrogens with one attached hydrogen (secondary N) is 1. The highest BCUT2D eigenvalue weighted by atomic mass is 79.9. The second-order valence-electron chi connectivity index (χ2n) is 5.67. The zero-order valence-corrected chi connectivity index (χ0v) is 12.9. The average molecular weight is 352 g/mol. The van der Waals surface area contributed by atoms with Crippen LogP contribution in [0.4, 0.5) is 5.82 Å². The third-order valence-corrected chi connectivity index (χ3v) is 5.60. The van der Waals surface area contributed by atoms with Gasteiger partial charge in [0.15, 0.2) is 0 Å². The van der Waals surface area contributed by atoms with Gasteiger partial charge in [-0.2, -0.15) is 0 Å². The predicted molar refractivity (Wildman–Crippen MR) is 82.8 cm³/mol. The van der Waals surface area contributed by atoms with Crippen LogP contribution in [0, 0.1) is 17.8 Å². The summed E-state index contributed by atoms with van der Waals surface area (Å²) in [5.41, 5.74) is 0. The van der Waals surface area contributed by atoms with E-state index < -0.39 is 0 Å². The molecular weight excluding hydrogens is 340 g/mol. The first-order valence-corrected chi connectivity index (χ1v) is 7.84. The summed E-state index contributed by atoms with van der Waals surface area (Å²) in [6.07, 6.45) is 4.02. The molecule has 20 heavy (non-hydrogen) atoms. The molecule has 4 rings (SSSR count). The Morgan fingerprint density at radius 1 is 1.30 bits per heavy atom. The van der Waals surface area contributed by atoms with Crippen LogP contribution in [-0.4, -0.2) is 10.9 Å². The van der Waals surface area contributed by atoms with Crippen molar-refractivity contribution in [2.24, 2.45) is 17.8 Å². The van der Waals surface area contributed by atoms with Gasteiger partial charge in [0.1, 0.15) is 5.82 Å². The lowest BCUT2D eigenvalue weighted by Crippen LogP contribution is -2.31. The van der Waals surface area contributed by atoms with Gasteiger partial charge in [0, 0.05) is 22.0 Å². The second kappa shape index (κ2) is 4.43. The third-order valence-electron chi connectivity index (χ3n) is 4.40. The first kappa shape index (κ1) is 12.6. The van der Waals surface area contributed by atoms with Crippen LogP contribution in [-0.2, 0) is 4.79 Å². The van der Waals surface area contributed by atoms with E-state index in [1.54, 1.807) is 6.20 Å². The fraction of sp³-hybridized carbons (Fsp3) is 0.333. The van der Waals surface area contributed by atoms with E-state index in [9.17, 15) is 4.79 Å². The number of carbonyl (C=O) groups is 1. The Balaban J connectivity index is 1.60. The molecule has 2 aliphatic rings. The topological polar surface area (TPSA) is 42.0 Å². The van der Waals surface area contributed by atoms with E-state index >= 15 is 0 Å². The minimum Gasteiger partial charge on any atom is -0.310 e. The van der Waals surface area contributed by atoms with Gasteiger partial charge in [-0.15, -0.1) is 0 Å². The summed E-state index contributed by atoms with van der Waals surface area (Å²) in [5, 5.41) is 5.55. The van der Waals surface area contributed by atoms with Crippen LogP contribution in [0.3, 0.4) is 0 Å². The van der Waals surface area contributed by atoms with E-state index in [2.05, 4.69) is 26.2 Å². The summed E-state index contributed by atoms with van der Waals surface area (Å²) in [7, 11) is 0. The normalized spacial score (nSPS) is 26.8. The van der Waals surface area contributed by atoms with E-state index in [4.69, 9.17) is 11.6 Å². The standard InChI is InChI=1S/C15H12BrClN2O/c16-12-3-7-5-14(18-6-9(7)4-13(12)17)19-15(20)11-2-8-1-10(8)11/h3-6,8,10-11H,1-2H2,(H,18,19,20)/t8?,10?,11-/m1/s1. The van der Waals surface area contributed by atoms with Gasteiger partial charge in [0.2, 0.25) is 5.91 Å². The first-order chi connectivity index (χ1) is 9.61. The van der Waals surface area contributed by atoms with Crippen molar-refractivity contribution in [1.29, 1.82) is 0 Å². The predicted octanol–water partition coefficient (Wildman–Crippen LogP) is 4.25. The van der Waals surface area contributed by atoms with Crippen molar-refractivity contribution in [2.45, 2.75) is 12.8 Å². The van der Waals surface area contributed by atoms with Crippen LogP contribution in [0.5, 0.6) is 0 Å². The van der Waals surface area contributed by atoms with Crippen molar-refractivity contribution in [3.05, 3.63) is 33.9 Å². The number of nitrogens with zero attached hydrogens (tertiary/aromatic N) is 1. The minimum atomic E-state index is 0.114. The summed E-state index contributed by atoms with van der Waals surface area (Å²) in [6.45, 7) is 0. The largest absolute Gasteiger partial charge is 0.310 e. The molecule has 0 spiro atoms. The zero-order chi connectivity index (χ0) is 13.9. The van der Waals surface area contributed by atoms with Gasteiger partial charge in [-0.05, 0) is 64.2 Å². The molecular formula is C15H12BrClN2O. The lowest BCUT2D eigenvalue weighted by molar-refractivity contribution is -0.122. The maximum absolute atomic E-state index is 12.1. The van der Waals surface area contributed by atoms with Gasteiger partial charge in [0.05, 0.1) is 5.02 Å². The fourth-order valence-corrected chi connectivity index (χ4v) is 3.60. The van der Waals surface area contributed by atoms with Gasteiger partial charge in [-0.3, -0.25) is 4.79 Å². The molecule has 1 aromatic heterocycles. The SMILES string of the molecule is O=C(Nc1cc2cc(Br)c(Cl)cc2cn1)[C@@H]1CC2CC21. The van der Waals surface area contributed by atoms with Crippen LogP contribution in [0.15, 0.2) is 28.9 Å². The molecule has 1 aromatic carbocycles. The molecule has 2 saturated carbocycles. The highest BCUT2D eigenvalue weighted by Crippen LogP contribution is 2.59. The van der Waals surface area contributed by atoms with Crippen molar-refractivity contribution < 1.29 is 4.79 Å². The number of anilines is 1. The van der Waals surface area contributed by atoms with Crippen LogP contribution in [0.1, 0.15) is 12.8 Å². The number of hydrogen-bond acceptors (Lipinski definition) is 2. The molecule has 1 N–H and O–H groups in total. The molecule has 1 heterocycles. The fourth-order valence-electron chi connectivity index (χ4n) is 3.07. The molecule has 3 nitrogen and oxygen atoms in total. The number of amides is 1. The number of hydrogen-bond donors (Lipinski definition) is 1. The van der Waals surface area contributed by atoms with Gasteiger partial charge in [-0.25, -0.2) is 4.98 Å². The number of aromatic nitrogens is 1. The molecule has 0 radical (unpaired) electrons. The summed E-state index contributed by atoms with van der Waals surface area (Å²) in [6, 6.07) is 5.69. The lowest BCUT2D eigenvalue weighted by Gasteiger charge is -2.23. The van der Waals surface area contributed by atoms with E-state index in [-0.39, 0.29) is 11.8 Å². The van der Waals surface area contributed by atoms with Gasteiger partial charge in [0.25, 0.3) is 0 Å². The van der Waals surface area contributed by atoms with Crippen LogP contribution in [0.2, 0.25) is 5.02 Å². The van der Waals surface area contributed by atoms with Crippen molar-refractivity contribution in [3.63, 3.8) is 0 Å². The number of halogens is 2. The summed E-state index contributed by atoms with van der Waals surface area (Å²) >= 11 is 9.46. The van der Waals surface area contributed by atoms with Crippen molar-refractivity contribution in [3.8, 4) is 0 Å². The van der Waals surface area contributed by atoms with Gasteiger partial charge in [-0.1, -0.05) is 11.6 Å². The van der Waals surface area contributed by atoms with E-state index in [0.717, 1.165) is 27.6 Å². The highest BCUT2D eigenvalue weighted by Gasteiger charge is 2.56. The number of benzene rings is 1. The Morgan fingerprint density at radius 2 is 2.15 bits per heavy atom. The summed E-state index contributed by atoms with van der Waals surface area (Å²) in [5.74, 6) is 2.40. The molecule has 2 fully saturated rings. The molecule has 2 aromatic rings. The first-order valence-electron chi connectivity index (χ1n) is 6.67. The monoisotopic (exact) mass is 350 g/mol. The van der Waals surface area contributed by atoms with Crippen molar-refractivity contribution >= 4 is 50.0 Å². The number of carbonyl (C=O) groups excluding carboxylic acids is 1. The third kappa shape index (κ3) is 2.02. The lowest BCUT2D eigenvalue weighted by atomic mass is 9.85. The van der Waals surface area contributed by atoms with Crippen molar-refractivity contribution in [1.82, 2.24) is 4.98 Å². The smallest absolute Gasteiger partial charge is 0.228 e. The zero-order valence-electron chi connectivity index (χ0n) is 10.6. The Kier molecular flexibility index (Phi) is 2.79. The Labute approximate surface area is 129 Å². The number of pyridine rings is 1. The van der Waals surface area contributed by atoms with E-state index in [1.165, 1.54) is 6.42 Å². The Morgan fingerprint density at radius 3 is 2.85 bits per heavy atom. The molecule has 102 valence electrons. The quantitative estimate of drug-likeness (QED) is 0.879. The molecule has 0 aliphatic heterocycles. The van der Waals surface area contributed by atoms with Gasteiger partial charge < -0.3 is 5.32 Å². The van der Waals surface area contributed by atoms with Crippen LogP contribution >= 0.6 is 27.5 Å². The van der Waals surface area contributed by atoms with E-state index in [0.29, 0.717) is 16.8 Å². The van der Waals surface area contributed by atoms with Crippen LogP contribution < -0.4 is 5.32 Å². The molecule has 2 unspecified atom stereocenters. The summed E-state index contributed by atoms with van der Waals surface area (Å²) < 4.78 is 0.843. The minimum absolute atomic E-state index is 0.114. The Bertz CT molecular complexity index is 733. The highest BCUT2D eigenvalue weighted by molar-refractivity contribution is 9.10. The summed E-state index contributed by atoms with van der Waals surface area (Å²) in [4.78, 5) is 16.4.